The van der Waals surface area contributed by atoms with Gasteiger partial charge in [-0.3, -0.25) is 14.9 Å². The molecule has 0 unspecified atom stereocenters. The van der Waals surface area contributed by atoms with Gasteiger partial charge in [-0.15, -0.1) is 0 Å². The Balaban J connectivity index is 1.52. The first kappa shape index (κ1) is 19.2. The molecular weight excluding hydrogens is 390 g/mol. The number of rotatable bonds is 6. The number of Topliss-reactive ketones (excluding diaryl/α,β-unsaturated/α-hetero) is 1. The monoisotopic (exact) mass is 411 g/mol. The second-order valence-corrected chi connectivity index (χ2v) is 8.16. The molecule has 5 heteroatoms. The summed E-state index contributed by atoms with van der Waals surface area (Å²) in [5.74, 6) is 0.680. The number of fused-ring (bicyclic) bond motifs is 1. The lowest BCUT2D eigenvalue weighted by molar-refractivity contribution is -0.384. The van der Waals surface area contributed by atoms with Crippen LogP contribution in [0.1, 0.15) is 34.3 Å². The van der Waals surface area contributed by atoms with E-state index in [-0.39, 0.29) is 17.4 Å². The highest BCUT2D eigenvalue weighted by Crippen LogP contribution is 2.57. The number of nitro benzene ring substituents is 1. The maximum absolute atomic E-state index is 13.5. The third-order valence-electron chi connectivity index (χ3n) is 6.36. The first-order valence-electron chi connectivity index (χ1n) is 10.4. The van der Waals surface area contributed by atoms with Crippen molar-refractivity contribution >= 4 is 17.2 Å². The summed E-state index contributed by atoms with van der Waals surface area (Å²) in [5.41, 5.74) is 2.86. The van der Waals surface area contributed by atoms with Gasteiger partial charge in [-0.1, -0.05) is 72.8 Å². The minimum absolute atomic E-state index is 0.00519. The maximum atomic E-state index is 13.5. The highest BCUT2D eigenvalue weighted by atomic mass is 16.6. The summed E-state index contributed by atoms with van der Waals surface area (Å²) in [6, 6.07) is 25.7. The molecule has 0 radical (unpaired) electrons. The molecule has 5 rings (SSSR count). The SMILES string of the molecule is O=C(C1=C(c2ccccc2)O[C@@]2(Cc3ccc([N+](=O)[O-])cc3)CC[C@@H]12)c1ccccc1. The molecule has 0 aromatic heterocycles. The van der Waals surface area contributed by atoms with E-state index >= 15 is 0 Å². The summed E-state index contributed by atoms with van der Waals surface area (Å²) in [5, 5.41) is 11.0. The third kappa shape index (κ3) is 3.32. The largest absolute Gasteiger partial charge is 0.485 e. The van der Waals surface area contributed by atoms with Crippen molar-refractivity contribution in [3.8, 4) is 0 Å². The summed E-state index contributed by atoms with van der Waals surface area (Å²) < 4.78 is 6.60. The van der Waals surface area contributed by atoms with Gasteiger partial charge in [-0.2, -0.15) is 0 Å². The fourth-order valence-electron chi connectivity index (χ4n) is 4.70. The van der Waals surface area contributed by atoms with E-state index in [0.29, 0.717) is 17.7 Å². The van der Waals surface area contributed by atoms with Crippen molar-refractivity contribution in [2.24, 2.45) is 5.92 Å². The first-order valence-corrected chi connectivity index (χ1v) is 10.4. The fraction of sp³-hybridized carbons (Fsp3) is 0.192. The normalized spacial score (nSPS) is 21.7. The Morgan fingerprint density at radius 2 is 1.61 bits per heavy atom. The van der Waals surface area contributed by atoms with E-state index in [0.717, 1.165) is 29.5 Å². The van der Waals surface area contributed by atoms with E-state index in [1.165, 1.54) is 12.1 Å². The Morgan fingerprint density at radius 1 is 0.968 bits per heavy atom. The highest BCUT2D eigenvalue weighted by molar-refractivity contribution is 6.13. The molecule has 0 amide bonds. The summed E-state index contributed by atoms with van der Waals surface area (Å²) in [7, 11) is 0. The molecule has 0 spiro atoms. The van der Waals surface area contributed by atoms with E-state index in [4.69, 9.17) is 4.74 Å². The van der Waals surface area contributed by atoms with Crippen molar-refractivity contribution < 1.29 is 14.5 Å². The molecule has 154 valence electrons. The predicted octanol–water partition coefficient (Wildman–Crippen LogP) is 5.61. The second kappa shape index (κ2) is 7.51. The van der Waals surface area contributed by atoms with Gasteiger partial charge in [0.25, 0.3) is 5.69 Å². The van der Waals surface area contributed by atoms with Crippen LogP contribution in [0.25, 0.3) is 5.76 Å². The van der Waals surface area contributed by atoms with Gasteiger partial charge in [0.2, 0.25) is 0 Å². The predicted molar refractivity (Wildman–Crippen MR) is 117 cm³/mol. The van der Waals surface area contributed by atoms with E-state index in [1.807, 2.05) is 60.7 Å². The first-order chi connectivity index (χ1) is 15.1. The van der Waals surface area contributed by atoms with Crippen molar-refractivity contribution in [3.63, 3.8) is 0 Å². The summed E-state index contributed by atoms with van der Waals surface area (Å²) in [6.07, 6.45) is 2.34. The molecule has 1 aliphatic heterocycles. The summed E-state index contributed by atoms with van der Waals surface area (Å²) in [6.45, 7) is 0. The number of benzene rings is 3. The van der Waals surface area contributed by atoms with E-state index in [1.54, 1.807) is 12.1 Å². The van der Waals surface area contributed by atoms with Gasteiger partial charge < -0.3 is 4.74 Å². The molecule has 1 heterocycles. The quantitative estimate of drug-likeness (QED) is 0.300. The zero-order chi connectivity index (χ0) is 21.4. The van der Waals surface area contributed by atoms with Gasteiger partial charge in [0.05, 0.1) is 4.92 Å². The van der Waals surface area contributed by atoms with Crippen molar-refractivity contribution in [1.82, 2.24) is 0 Å². The van der Waals surface area contributed by atoms with E-state index < -0.39 is 10.5 Å². The molecule has 5 nitrogen and oxygen atoms in total. The van der Waals surface area contributed by atoms with Crippen LogP contribution in [0.3, 0.4) is 0 Å². The van der Waals surface area contributed by atoms with Crippen LogP contribution in [-0.4, -0.2) is 16.3 Å². The molecule has 0 N–H and O–H groups in total. The van der Waals surface area contributed by atoms with Gasteiger partial charge in [0.15, 0.2) is 5.78 Å². The van der Waals surface area contributed by atoms with E-state index in [2.05, 4.69) is 0 Å². The average Bonchev–Trinajstić information content (AvgIpc) is 3.02. The van der Waals surface area contributed by atoms with Crippen LogP contribution < -0.4 is 0 Å². The molecule has 31 heavy (non-hydrogen) atoms. The minimum Gasteiger partial charge on any atom is -0.485 e. The molecule has 3 aromatic rings. The van der Waals surface area contributed by atoms with Crippen LogP contribution >= 0.6 is 0 Å². The lowest BCUT2D eigenvalue weighted by atomic mass is 9.63. The number of nitrogens with zero attached hydrogens (tertiary/aromatic N) is 1. The zero-order valence-corrected chi connectivity index (χ0v) is 16.9. The minimum atomic E-state index is -0.485. The third-order valence-corrected chi connectivity index (χ3v) is 6.36. The van der Waals surface area contributed by atoms with Crippen LogP contribution in [0.15, 0.2) is 90.5 Å². The summed E-state index contributed by atoms with van der Waals surface area (Å²) in [4.78, 5) is 24.1. The number of carbonyl (C=O) groups excluding carboxylic acids is 1. The van der Waals surface area contributed by atoms with Crippen LogP contribution in [0.2, 0.25) is 0 Å². The van der Waals surface area contributed by atoms with E-state index in [9.17, 15) is 14.9 Å². The van der Waals surface area contributed by atoms with Gasteiger partial charge >= 0.3 is 0 Å². The molecule has 0 saturated heterocycles. The average molecular weight is 411 g/mol. The van der Waals surface area contributed by atoms with Crippen LogP contribution in [0.5, 0.6) is 0 Å². The Bertz CT molecular complexity index is 1170. The molecule has 3 aromatic carbocycles. The molecule has 0 bridgehead atoms. The Kier molecular flexibility index (Phi) is 4.66. The van der Waals surface area contributed by atoms with Crippen LogP contribution in [0.4, 0.5) is 5.69 Å². The number of ketones is 1. The van der Waals surface area contributed by atoms with Crippen LogP contribution in [0, 0.1) is 16.0 Å². The Hall–Kier alpha value is -3.73. The Labute approximate surface area is 180 Å². The molecule has 2 aliphatic rings. The number of carbonyl (C=O) groups is 1. The summed E-state index contributed by atoms with van der Waals surface area (Å²) >= 11 is 0. The van der Waals surface area contributed by atoms with Gasteiger partial charge in [-0.25, -0.2) is 0 Å². The van der Waals surface area contributed by atoms with Crippen LogP contribution in [-0.2, 0) is 11.2 Å². The highest BCUT2D eigenvalue weighted by Gasteiger charge is 2.58. The molecule has 1 aliphatic carbocycles. The smallest absolute Gasteiger partial charge is 0.269 e. The number of non-ortho nitro benzene ring substituents is 1. The molecule has 1 fully saturated rings. The molecular formula is C26H21NO4. The number of hydrogen-bond acceptors (Lipinski definition) is 4. The van der Waals surface area contributed by atoms with Crippen molar-refractivity contribution in [2.45, 2.75) is 24.9 Å². The lowest BCUT2D eigenvalue weighted by Crippen LogP contribution is -2.48. The Morgan fingerprint density at radius 3 is 2.19 bits per heavy atom. The van der Waals surface area contributed by atoms with Crippen molar-refractivity contribution in [3.05, 3.63) is 117 Å². The second-order valence-electron chi connectivity index (χ2n) is 8.16. The molecule has 1 saturated carbocycles. The molecule has 2 atom stereocenters. The standard InChI is InChI=1S/C26H21NO4/c28-24(19-7-3-1-4-8-19)23-22-15-16-26(22,31-25(23)20-9-5-2-6-10-20)17-18-11-13-21(14-12-18)27(29)30/h1-14,22H,15-17H2/t22-,26+/m0/s1. The topological polar surface area (TPSA) is 69.4 Å². The maximum Gasteiger partial charge on any atom is 0.269 e. The number of ether oxygens (including phenoxy) is 1. The van der Waals surface area contributed by atoms with Crippen molar-refractivity contribution in [2.75, 3.05) is 0 Å². The fourth-order valence-corrected chi connectivity index (χ4v) is 4.70. The number of nitro groups is 1. The van der Waals surface area contributed by atoms with Gasteiger partial charge in [0, 0.05) is 41.2 Å². The number of hydrogen-bond donors (Lipinski definition) is 0. The zero-order valence-electron chi connectivity index (χ0n) is 16.9. The lowest BCUT2D eigenvalue weighted by Gasteiger charge is -2.44. The van der Waals surface area contributed by atoms with Gasteiger partial charge in [0.1, 0.15) is 11.4 Å². The van der Waals surface area contributed by atoms with Gasteiger partial charge in [-0.05, 0) is 18.4 Å². The van der Waals surface area contributed by atoms with Crippen molar-refractivity contribution in [1.29, 1.82) is 0 Å².